The van der Waals surface area contributed by atoms with Gasteiger partial charge in [-0.1, -0.05) is 44.2 Å². The first kappa shape index (κ1) is 32.2. The summed E-state index contributed by atoms with van der Waals surface area (Å²) < 4.78 is 46.0. The van der Waals surface area contributed by atoms with Crippen molar-refractivity contribution < 1.29 is 27.9 Å². The van der Waals surface area contributed by atoms with Gasteiger partial charge in [-0.3, -0.25) is 9.59 Å². The van der Waals surface area contributed by atoms with Gasteiger partial charge in [0.15, 0.2) is 0 Å². The number of imidazole rings is 1. The number of aromatic nitrogens is 2. The molecule has 11 heteroatoms. The number of aliphatic hydroxyl groups excluding tert-OH is 1. The van der Waals surface area contributed by atoms with E-state index in [1.807, 2.05) is 44.2 Å². The Morgan fingerprint density at radius 3 is 2.53 bits per heavy atom. The zero-order valence-corrected chi connectivity index (χ0v) is 25.0. The molecule has 3 N–H and O–H groups in total. The summed E-state index contributed by atoms with van der Waals surface area (Å²) in [4.78, 5) is 31.7. The highest BCUT2D eigenvalue weighted by Gasteiger charge is 2.44. The third-order valence-electron chi connectivity index (χ3n) is 7.98. The molecule has 0 spiro atoms. The summed E-state index contributed by atoms with van der Waals surface area (Å²) in [6.45, 7) is 7.68. The first-order valence-corrected chi connectivity index (χ1v) is 14.5. The summed E-state index contributed by atoms with van der Waals surface area (Å²) in [6.07, 6.45) is -0.575. The molecule has 2 aromatic carbocycles. The summed E-state index contributed by atoms with van der Waals surface area (Å²) in [6, 6.07) is 11.8. The molecular weight excluding hydrogens is 559 g/mol. The summed E-state index contributed by atoms with van der Waals surface area (Å²) in [7, 11) is 0. The molecule has 4 atom stereocenters. The van der Waals surface area contributed by atoms with Crippen molar-refractivity contribution in [2.75, 3.05) is 26.2 Å². The molecular formula is C32H40F3N5O3. The molecule has 43 heavy (non-hydrogen) atoms. The van der Waals surface area contributed by atoms with Crippen LogP contribution in [-0.2, 0) is 16.1 Å². The van der Waals surface area contributed by atoms with Gasteiger partial charge in [-0.15, -0.1) is 0 Å². The van der Waals surface area contributed by atoms with Crippen molar-refractivity contribution in [2.45, 2.75) is 59.0 Å². The highest BCUT2D eigenvalue weighted by atomic mass is 19.1. The van der Waals surface area contributed by atoms with Crippen molar-refractivity contribution in [2.24, 2.45) is 11.3 Å². The molecule has 1 aliphatic rings. The number of benzene rings is 2. The van der Waals surface area contributed by atoms with Gasteiger partial charge >= 0.3 is 0 Å². The molecule has 232 valence electrons. The number of amides is 2. The van der Waals surface area contributed by atoms with Crippen molar-refractivity contribution in [3.63, 3.8) is 0 Å². The van der Waals surface area contributed by atoms with Gasteiger partial charge in [-0.2, -0.15) is 0 Å². The average molecular weight is 600 g/mol. The predicted molar refractivity (Wildman–Crippen MR) is 158 cm³/mol. The maximum Gasteiger partial charge on any atom is 0.251 e. The molecule has 4 rings (SSSR count). The molecule has 1 unspecified atom stereocenters. The van der Waals surface area contributed by atoms with E-state index in [2.05, 4.69) is 10.6 Å². The first-order chi connectivity index (χ1) is 20.4. The summed E-state index contributed by atoms with van der Waals surface area (Å²) >= 11 is 0. The Kier molecular flexibility index (Phi) is 10.3. The average Bonchev–Trinajstić information content (AvgIpc) is 3.54. The SMILES string of the molecule is CC(=O)NCCC(C)(C)[C@H](c1nc(-c2cc(F)ccc2F)cn1Cc1ccccc1)N(CC1CNC[C@@H]1F)C(=O)[C@H](C)O. The highest BCUT2D eigenvalue weighted by Crippen LogP contribution is 2.43. The van der Waals surface area contributed by atoms with Crippen LogP contribution in [0.5, 0.6) is 0 Å². The van der Waals surface area contributed by atoms with Crippen molar-refractivity contribution in [3.8, 4) is 11.3 Å². The lowest BCUT2D eigenvalue weighted by molar-refractivity contribution is -0.146. The Balaban J connectivity index is 1.91. The van der Waals surface area contributed by atoms with Crippen LogP contribution in [-0.4, -0.2) is 69.8 Å². The maximum absolute atomic E-state index is 15.0. The van der Waals surface area contributed by atoms with Crippen molar-refractivity contribution >= 4 is 11.8 Å². The number of halogens is 3. The lowest BCUT2D eigenvalue weighted by Crippen LogP contribution is -2.50. The van der Waals surface area contributed by atoms with Gasteiger partial charge in [-0.05, 0) is 42.5 Å². The molecule has 1 saturated heterocycles. The van der Waals surface area contributed by atoms with Crippen LogP contribution < -0.4 is 10.6 Å². The Morgan fingerprint density at radius 1 is 1.19 bits per heavy atom. The number of nitrogens with one attached hydrogen (secondary N) is 2. The topological polar surface area (TPSA) is 99.5 Å². The monoisotopic (exact) mass is 599 g/mol. The number of nitrogens with zero attached hydrogens (tertiary/aromatic N) is 3. The van der Waals surface area contributed by atoms with Gasteiger partial charge in [0, 0.05) is 57.3 Å². The summed E-state index contributed by atoms with van der Waals surface area (Å²) in [5.41, 5.74) is 0.239. The van der Waals surface area contributed by atoms with Gasteiger partial charge in [-0.25, -0.2) is 18.2 Å². The molecule has 8 nitrogen and oxygen atoms in total. The number of hydrogen-bond acceptors (Lipinski definition) is 5. The minimum atomic E-state index is -1.39. The van der Waals surface area contributed by atoms with Crippen LogP contribution in [0.3, 0.4) is 0 Å². The number of hydrogen-bond donors (Lipinski definition) is 3. The Labute approximate surface area is 250 Å². The van der Waals surface area contributed by atoms with E-state index in [1.54, 1.807) is 10.8 Å². The van der Waals surface area contributed by atoms with E-state index in [9.17, 15) is 23.5 Å². The Bertz CT molecular complexity index is 1410. The van der Waals surface area contributed by atoms with E-state index in [0.717, 1.165) is 23.8 Å². The van der Waals surface area contributed by atoms with Gasteiger partial charge in [0.05, 0.1) is 11.7 Å². The smallest absolute Gasteiger partial charge is 0.251 e. The largest absolute Gasteiger partial charge is 0.384 e. The minimum Gasteiger partial charge on any atom is -0.384 e. The standard InChI is InChI=1S/C32H40F3N5O3/c1-20(41)31(43)40(18-23-15-36-16-27(23)35)29(32(3,4)12-13-37-21(2)42)30-38-28(25-14-24(33)10-11-26(25)34)19-39(30)17-22-8-6-5-7-9-22/h5-11,14,19-20,23,27,29,36,41H,12-13,15-18H2,1-4H3,(H,37,42)/t20-,23?,27-,29-/m0/s1. The molecule has 1 aliphatic heterocycles. The van der Waals surface area contributed by atoms with Crippen LogP contribution in [0.15, 0.2) is 54.7 Å². The van der Waals surface area contributed by atoms with Crippen LogP contribution in [0, 0.1) is 23.0 Å². The molecule has 3 aromatic rings. The van der Waals surface area contributed by atoms with E-state index < -0.39 is 47.2 Å². The van der Waals surface area contributed by atoms with Crippen molar-refractivity contribution in [1.82, 2.24) is 25.1 Å². The number of carbonyl (C=O) groups excluding carboxylic acids is 2. The maximum atomic E-state index is 15.0. The first-order valence-electron chi connectivity index (χ1n) is 14.5. The molecule has 0 aliphatic carbocycles. The van der Waals surface area contributed by atoms with Gasteiger partial charge in [0.25, 0.3) is 5.91 Å². The summed E-state index contributed by atoms with van der Waals surface area (Å²) in [5.74, 6) is -2.27. The second-order valence-electron chi connectivity index (χ2n) is 11.9. The third kappa shape index (κ3) is 7.83. The van der Waals surface area contributed by atoms with Gasteiger partial charge < -0.3 is 25.2 Å². The fourth-order valence-electron chi connectivity index (χ4n) is 5.68. The second kappa shape index (κ2) is 13.7. The third-order valence-corrected chi connectivity index (χ3v) is 7.98. The van der Waals surface area contributed by atoms with E-state index in [0.29, 0.717) is 25.3 Å². The van der Waals surface area contributed by atoms with Gasteiger partial charge in [0.2, 0.25) is 5.91 Å². The normalized spacial score (nSPS) is 18.3. The van der Waals surface area contributed by atoms with E-state index >= 15 is 4.39 Å². The van der Waals surface area contributed by atoms with Crippen LogP contribution in [0.4, 0.5) is 13.2 Å². The van der Waals surface area contributed by atoms with E-state index in [-0.39, 0.29) is 36.8 Å². The van der Waals surface area contributed by atoms with Crippen LogP contribution >= 0.6 is 0 Å². The predicted octanol–water partition coefficient (Wildman–Crippen LogP) is 4.24. The van der Waals surface area contributed by atoms with Crippen LogP contribution in [0.25, 0.3) is 11.3 Å². The van der Waals surface area contributed by atoms with Crippen LogP contribution in [0.2, 0.25) is 0 Å². The molecule has 0 saturated carbocycles. The van der Waals surface area contributed by atoms with E-state index in [4.69, 9.17) is 4.98 Å². The summed E-state index contributed by atoms with van der Waals surface area (Å²) in [5, 5.41) is 16.3. The number of aliphatic hydroxyl groups is 1. The number of rotatable bonds is 12. The zero-order valence-electron chi connectivity index (χ0n) is 25.0. The Morgan fingerprint density at radius 2 is 1.91 bits per heavy atom. The fourth-order valence-corrected chi connectivity index (χ4v) is 5.68. The Hall–Kier alpha value is -3.70. The van der Waals surface area contributed by atoms with Gasteiger partial charge in [0.1, 0.15) is 29.7 Å². The molecule has 1 fully saturated rings. The quantitative estimate of drug-likeness (QED) is 0.289. The number of carbonyl (C=O) groups is 2. The lowest BCUT2D eigenvalue weighted by atomic mass is 9.78. The van der Waals surface area contributed by atoms with E-state index in [1.165, 1.54) is 18.7 Å². The van der Waals surface area contributed by atoms with Crippen molar-refractivity contribution in [1.29, 1.82) is 0 Å². The second-order valence-corrected chi connectivity index (χ2v) is 11.9. The van der Waals surface area contributed by atoms with Crippen LogP contribution in [0.1, 0.15) is 51.5 Å². The molecule has 0 radical (unpaired) electrons. The molecule has 1 aromatic heterocycles. The molecule has 2 amide bonds. The molecule has 0 bridgehead atoms. The molecule has 2 heterocycles. The zero-order chi connectivity index (χ0) is 31.3. The highest BCUT2D eigenvalue weighted by molar-refractivity contribution is 5.81. The van der Waals surface area contributed by atoms with Crippen molar-refractivity contribution in [3.05, 3.63) is 77.8 Å². The number of alkyl halides is 1. The minimum absolute atomic E-state index is 0.00596. The lowest BCUT2D eigenvalue weighted by Gasteiger charge is -2.43. The fraction of sp³-hybridized carbons (Fsp3) is 0.469.